The lowest BCUT2D eigenvalue weighted by molar-refractivity contribution is -0.252. The van der Waals surface area contributed by atoms with Crippen LogP contribution in [0.2, 0.25) is 0 Å². The minimum Gasteiger partial charge on any atom is -0.462 e. The fraction of sp³-hybridized carbons (Fsp3) is 0.868. The van der Waals surface area contributed by atoms with E-state index < -0.39 is 36.4 Å². The number of fused-ring (bicyclic) bond motifs is 7. The van der Waals surface area contributed by atoms with Gasteiger partial charge in [-0.25, -0.2) is 0 Å². The highest BCUT2D eigenvalue weighted by Crippen LogP contribution is 2.77. The van der Waals surface area contributed by atoms with Crippen molar-refractivity contribution in [3.63, 3.8) is 0 Å². The van der Waals surface area contributed by atoms with Crippen LogP contribution in [0.5, 0.6) is 0 Å². The number of rotatable bonds is 5. The molecule has 0 bridgehead atoms. The number of aliphatic hydroxyl groups is 3. The summed E-state index contributed by atoms with van der Waals surface area (Å²) < 4.78 is 17.4. The lowest BCUT2D eigenvalue weighted by atomic mass is 9.32. The number of esters is 2. The van der Waals surface area contributed by atoms with Gasteiger partial charge in [0, 0.05) is 12.3 Å². The average molecular weight is 644 g/mol. The Morgan fingerprint density at radius 1 is 0.848 bits per heavy atom. The van der Waals surface area contributed by atoms with Gasteiger partial charge in [0.25, 0.3) is 0 Å². The Hall–Kier alpha value is -1.48. The van der Waals surface area contributed by atoms with Gasteiger partial charge in [0.1, 0.15) is 31.0 Å². The second-order valence-corrected chi connectivity index (χ2v) is 17.6. The SMILES string of the molecule is C=C(C)[C@@H]1CC[C@]2(C(=O)O[C@@H]3[CH]O[C@H](CO)[C@@H](O)[C@@H]3O)CC[C@]3(C)[C@H](CCC4[C@@]5(C)CC[C@H](OC(C)=O)C(C)(C)[C@@H]5CC[C@]43C)[C@@H]12. The zero-order valence-electron chi connectivity index (χ0n) is 29.2. The van der Waals surface area contributed by atoms with Crippen LogP contribution in [0, 0.1) is 63.3 Å². The molecule has 8 heteroatoms. The molecule has 8 nitrogen and oxygen atoms in total. The van der Waals surface area contributed by atoms with E-state index in [2.05, 4.69) is 48.1 Å². The van der Waals surface area contributed by atoms with Crippen molar-refractivity contribution >= 4 is 11.9 Å². The number of carbonyl (C=O) groups is 2. The number of hydrogen-bond acceptors (Lipinski definition) is 8. The van der Waals surface area contributed by atoms with Crippen molar-refractivity contribution in [1.82, 2.24) is 0 Å². The van der Waals surface area contributed by atoms with Gasteiger partial charge >= 0.3 is 11.9 Å². The zero-order valence-corrected chi connectivity index (χ0v) is 29.2. The number of ether oxygens (including phenoxy) is 3. The molecule has 46 heavy (non-hydrogen) atoms. The second-order valence-electron chi connectivity index (χ2n) is 17.6. The molecule has 0 aromatic heterocycles. The Kier molecular flexibility index (Phi) is 8.64. The number of hydrogen-bond donors (Lipinski definition) is 3. The summed E-state index contributed by atoms with van der Waals surface area (Å²) in [6, 6.07) is 0. The number of aliphatic hydroxyl groups excluding tert-OH is 3. The standard InChI is InChI=1S/C38H59O8/c1-21(2)23-11-16-38(33(43)46-26-20-44-25(19-39)31(41)32(26)42)18-17-36(7)24(30(23)38)9-10-28-35(6)14-13-29(45-22(3)40)34(4,5)27(35)12-15-37(28,36)8/h20,23-32,39,41-42H,1,9-19H2,2-8H3/t23-,24+,25+,26+,27-,28?,29-,30+,31+,32+,35-,36+,37+,38-/m0/s1. The largest absolute Gasteiger partial charge is 0.462 e. The number of carbonyl (C=O) groups excluding carboxylic acids is 2. The smallest absolute Gasteiger partial charge is 0.312 e. The molecular formula is C38H59O8. The molecule has 0 amide bonds. The number of allylic oxidation sites excluding steroid dienone is 1. The van der Waals surface area contributed by atoms with Gasteiger partial charge in [-0.15, -0.1) is 0 Å². The van der Waals surface area contributed by atoms with E-state index in [9.17, 15) is 24.9 Å². The average Bonchev–Trinajstić information content (AvgIpc) is 3.39. The molecule has 6 fully saturated rings. The molecule has 1 heterocycles. The molecule has 0 aromatic rings. The van der Waals surface area contributed by atoms with Crippen molar-refractivity contribution in [2.75, 3.05) is 6.61 Å². The first kappa shape index (κ1) is 34.4. The molecule has 1 saturated heterocycles. The molecule has 5 saturated carbocycles. The molecule has 0 spiro atoms. The molecule has 1 unspecified atom stereocenters. The van der Waals surface area contributed by atoms with Crippen LogP contribution in [0.25, 0.3) is 0 Å². The quantitative estimate of drug-likeness (QED) is 0.255. The van der Waals surface area contributed by atoms with Gasteiger partial charge < -0.3 is 29.5 Å². The zero-order chi connectivity index (χ0) is 33.6. The first-order valence-corrected chi connectivity index (χ1v) is 18.0. The van der Waals surface area contributed by atoms with Crippen LogP contribution in [0.15, 0.2) is 12.2 Å². The van der Waals surface area contributed by atoms with E-state index in [0.29, 0.717) is 17.8 Å². The van der Waals surface area contributed by atoms with Gasteiger partial charge in [-0.1, -0.05) is 46.8 Å². The summed E-state index contributed by atoms with van der Waals surface area (Å²) in [6.45, 7) is 21.2. The summed E-state index contributed by atoms with van der Waals surface area (Å²) in [5, 5.41) is 30.7. The van der Waals surface area contributed by atoms with Crippen molar-refractivity contribution < 1.29 is 39.1 Å². The van der Waals surface area contributed by atoms with Crippen molar-refractivity contribution in [1.29, 1.82) is 0 Å². The van der Waals surface area contributed by atoms with E-state index in [1.807, 2.05) is 0 Å². The maximum Gasteiger partial charge on any atom is 0.312 e. The summed E-state index contributed by atoms with van der Waals surface area (Å²) in [4.78, 5) is 26.4. The Balaban J connectivity index is 1.30. The van der Waals surface area contributed by atoms with Crippen LogP contribution < -0.4 is 0 Å². The monoisotopic (exact) mass is 643 g/mol. The lowest BCUT2D eigenvalue weighted by Crippen LogP contribution is -2.67. The first-order chi connectivity index (χ1) is 21.5. The lowest BCUT2D eigenvalue weighted by Gasteiger charge is -2.72. The Bertz CT molecular complexity index is 1230. The maximum atomic E-state index is 14.4. The topological polar surface area (TPSA) is 123 Å². The van der Waals surface area contributed by atoms with Crippen molar-refractivity contribution in [2.24, 2.45) is 56.7 Å². The first-order valence-electron chi connectivity index (χ1n) is 18.0. The third-order valence-corrected chi connectivity index (χ3v) is 15.6. The van der Waals surface area contributed by atoms with Gasteiger partial charge in [-0.3, -0.25) is 9.59 Å². The summed E-state index contributed by atoms with van der Waals surface area (Å²) in [6.07, 6.45) is 4.95. The van der Waals surface area contributed by atoms with E-state index in [1.165, 1.54) is 13.5 Å². The normalized spacial score (nSPS) is 51.1. The third kappa shape index (κ3) is 4.73. The van der Waals surface area contributed by atoms with Gasteiger partial charge in [0.15, 0.2) is 6.10 Å². The molecule has 0 aromatic carbocycles. The van der Waals surface area contributed by atoms with Crippen LogP contribution >= 0.6 is 0 Å². The molecule has 5 aliphatic carbocycles. The third-order valence-electron chi connectivity index (χ3n) is 15.6. The van der Waals surface area contributed by atoms with Crippen molar-refractivity contribution in [2.45, 2.75) is 143 Å². The summed E-state index contributed by atoms with van der Waals surface area (Å²) in [7, 11) is 0. The molecule has 1 radical (unpaired) electrons. The summed E-state index contributed by atoms with van der Waals surface area (Å²) >= 11 is 0. The van der Waals surface area contributed by atoms with Gasteiger partial charge in [0.2, 0.25) is 0 Å². The van der Waals surface area contributed by atoms with E-state index >= 15 is 0 Å². The summed E-state index contributed by atoms with van der Waals surface area (Å²) in [5.74, 6) is 1.21. The van der Waals surface area contributed by atoms with E-state index in [0.717, 1.165) is 69.8 Å². The molecular weight excluding hydrogens is 584 g/mol. The maximum absolute atomic E-state index is 14.4. The Labute approximate surface area is 276 Å². The summed E-state index contributed by atoms with van der Waals surface area (Å²) in [5.41, 5.74) is 0.666. The molecule has 3 N–H and O–H groups in total. The molecule has 1 aliphatic heterocycles. The van der Waals surface area contributed by atoms with Gasteiger partial charge in [0.05, 0.1) is 12.0 Å². The minimum absolute atomic E-state index is 0.0391. The Morgan fingerprint density at radius 2 is 1.57 bits per heavy atom. The van der Waals surface area contributed by atoms with Crippen LogP contribution in [-0.4, -0.2) is 64.4 Å². The minimum atomic E-state index is -1.36. The van der Waals surface area contributed by atoms with E-state index in [4.69, 9.17) is 14.2 Å². The highest BCUT2D eigenvalue weighted by molar-refractivity contribution is 5.78. The van der Waals surface area contributed by atoms with Gasteiger partial charge in [-0.2, -0.15) is 0 Å². The molecule has 259 valence electrons. The Morgan fingerprint density at radius 3 is 2.22 bits per heavy atom. The highest BCUT2D eigenvalue weighted by atomic mass is 16.6. The van der Waals surface area contributed by atoms with Crippen LogP contribution in [0.4, 0.5) is 0 Å². The van der Waals surface area contributed by atoms with Crippen molar-refractivity contribution in [3.05, 3.63) is 18.8 Å². The highest BCUT2D eigenvalue weighted by Gasteiger charge is 2.72. The predicted molar refractivity (Wildman–Crippen MR) is 173 cm³/mol. The molecule has 6 aliphatic rings. The van der Waals surface area contributed by atoms with Crippen molar-refractivity contribution in [3.8, 4) is 0 Å². The molecule has 14 atom stereocenters. The van der Waals surface area contributed by atoms with Crippen LogP contribution in [0.1, 0.15) is 113 Å². The van der Waals surface area contributed by atoms with E-state index in [1.54, 1.807) is 0 Å². The van der Waals surface area contributed by atoms with Crippen LogP contribution in [0.3, 0.4) is 0 Å². The molecule has 6 rings (SSSR count). The van der Waals surface area contributed by atoms with Crippen LogP contribution in [-0.2, 0) is 23.8 Å². The fourth-order valence-corrected chi connectivity index (χ4v) is 13.1. The predicted octanol–water partition coefficient (Wildman–Crippen LogP) is 5.76. The fourth-order valence-electron chi connectivity index (χ4n) is 13.1. The second kappa shape index (κ2) is 11.6. The van der Waals surface area contributed by atoms with E-state index in [-0.39, 0.29) is 51.5 Å². The van der Waals surface area contributed by atoms with Gasteiger partial charge in [-0.05, 0) is 117 Å².